The predicted octanol–water partition coefficient (Wildman–Crippen LogP) is 13.2. The quantitative estimate of drug-likeness (QED) is 0.0326. The fourth-order valence-electron chi connectivity index (χ4n) is 15.5. The smallest absolute Gasteiger partial charge is 0.407 e. The standard InChI is InChI=1S/C66H92N2O9/c1-44(2)15-14-16-45(3)56-30-31-57-55-29-26-52-41-54(34-36-64(52,4)58(55)35-37-65(56,57)5)76-63(73)68-38-13-9-12-19-59(70)47-39-48(60(40-47)77-62(72)33-32-61(71)67-6)43-75-66(49-17-10-8-11-18-49,50-22-20-46(42-69)21-23-50)51-24-27-53(74-7)28-25-51/h8,10-11,17-18,20-28,44-45,47-48,54-58,60,69H,9,12-16,19,29-43H2,1-7H3,(H,67,71)(H,68,73)/t45?,47?,48?,54?,55?,56-,57?,58?,60?,64+,65-,66?/m1/s1. The Labute approximate surface area is 460 Å². The van der Waals surface area contributed by atoms with Crippen molar-refractivity contribution in [3.8, 4) is 5.75 Å². The first-order valence-corrected chi connectivity index (χ1v) is 29.7. The summed E-state index contributed by atoms with van der Waals surface area (Å²) in [5.41, 5.74) is 4.43. The summed E-state index contributed by atoms with van der Waals surface area (Å²) in [5.74, 6) is 4.22. The molecule has 3 aromatic carbocycles. The van der Waals surface area contributed by atoms with E-state index >= 15 is 0 Å². The Morgan fingerprint density at radius 1 is 0.766 bits per heavy atom. The van der Waals surface area contributed by atoms with E-state index in [0.29, 0.717) is 43.4 Å². The fourth-order valence-corrected chi connectivity index (χ4v) is 15.5. The Kier molecular flexibility index (Phi) is 19.9. The third-order valence-electron chi connectivity index (χ3n) is 19.8. The second-order valence-corrected chi connectivity index (χ2v) is 24.8. The van der Waals surface area contributed by atoms with Crippen LogP contribution in [0.2, 0.25) is 0 Å². The molecule has 0 aliphatic heterocycles. The number of carbonyl (C=O) groups excluding carboxylic acids is 4. The van der Waals surface area contributed by atoms with Crippen molar-refractivity contribution in [3.63, 3.8) is 0 Å². The third-order valence-corrected chi connectivity index (χ3v) is 19.8. The molecule has 9 unspecified atom stereocenters. The molecule has 5 aliphatic rings. The SMILES string of the molecule is CNC(=O)CCC(=O)OC1CC(C(=O)CCCCCNC(=O)OC2CC[C@@]3(C)C(=CCC4C3CC[C@@]3(C)C4CC[C@@H]3C(C)CCCC(C)C)C2)CC1COC(c1ccccc1)(c1ccc(CO)cc1)c1ccc(OC)cc1. The van der Waals surface area contributed by atoms with Crippen molar-refractivity contribution >= 4 is 23.8 Å². The zero-order valence-corrected chi connectivity index (χ0v) is 47.6. The number of aliphatic hydroxyl groups excluding tert-OH is 1. The van der Waals surface area contributed by atoms with Crippen LogP contribution in [0.25, 0.3) is 0 Å². The number of aliphatic hydroxyl groups is 1. The summed E-state index contributed by atoms with van der Waals surface area (Å²) in [6, 6.07) is 25.4. The number of ketones is 1. The number of Topliss-reactive ketones (excluding diaryl/α,β-unsaturated/α-hetero) is 1. The van der Waals surface area contributed by atoms with Crippen molar-refractivity contribution in [2.45, 2.75) is 181 Å². The van der Waals surface area contributed by atoms with Gasteiger partial charge in [-0.25, -0.2) is 4.79 Å². The first-order chi connectivity index (χ1) is 37.1. The molecule has 0 bridgehead atoms. The maximum Gasteiger partial charge on any atom is 0.407 e. The summed E-state index contributed by atoms with van der Waals surface area (Å²) in [6.07, 6.45) is 18.5. The van der Waals surface area contributed by atoms with Crippen LogP contribution < -0.4 is 15.4 Å². The lowest BCUT2D eigenvalue weighted by molar-refractivity contribution is -0.153. The van der Waals surface area contributed by atoms with Gasteiger partial charge < -0.3 is 34.7 Å². The Balaban J connectivity index is 0.831. The maximum absolute atomic E-state index is 14.0. The number of fused-ring (bicyclic) bond motifs is 5. The highest BCUT2D eigenvalue weighted by Crippen LogP contribution is 2.67. The van der Waals surface area contributed by atoms with E-state index in [1.54, 1.807) is 7.11 Å². The third kappa shape index (κ3) is 13.4. The van der Waals surface area contributed by atoms with Crippen LogP contribution in [0, 0.1) is 58.2 Å². The molecule has 3 N–H and O–H groups in total. The van der Waals surface area contributed by atoms with Gasteiger partial charge in [-0.2, -0.15) is 0 Å². The summed E-state index contributed by atoms with van der Waals surface area (Å²) in [6.45, 7) is 13.0. The molecular formula is C66H92N2O9. The molecule has 4 fully saturated rings. The van der Waals surface area contributed by atoms with Gasteiger partial charge in [0, 0.05) is 44.7 Å². The first-order valence-electron chi connectivity index (χ1n) is 29.7. The maximum atomic E-state index is 14.0. The summed E-state index contributed by atoms with van der Waals surface area (Å²) in [4.78, 5) is 52.5. The van der Waals surface area contributed by atoms with Gasteiger partial charge in [0.1, 0.15) is 29.3 Å². The Hall–Kier alpha value is -5.00. The molecule has 11 nitrogen and oxygen atoms in total. The van der Waals surface area contributed by atoms with Gasteiger partial charge in [-0.05, 0) is 151 Å². The molecule has 420 valence electrons. The number of esters is 1. The molecule has 5 aliphatic carbocycles. The molecule has 4 saturated carbocycles. The highest BCUT2D eigenvalue weighted by Gasteiger charge is 2.59. The molecule has 8 rings (SSSR count). The number of unbranched alkanes of at least 4 members (excludes halogenated alkanes) is 2. The van der Waals surface area contributed by atoms with Crippen molar-refractivity contribution in [2.24, 2.45) is 58.2 Å². The van der Waals surface area contributed by atoms with Gasteiger partial charge in [-0.15, -0.1) is 0 Å². The van der Waals surface area contributed by atoms with Gasteiger partial charge in [-0.1, -0.05) is 139 Å². The lowest BCUT2D eigenvalue weighted by atomic mass is 9.47. The molecule has 0 radical (unpaired) electrons. The van der Waals surface area contributed by atoms with E-state index in [1.165, 1.54) is 64.0 Å². The van der Waals surface area contributed by atoms with E-state index in [1.807, 2.05) is 78.9 Å². The average molecular weight is 1060 g/mol. The summed E-state index contributed by atoms with van der Waals surface area (Å²) < 4.78 is 25.0. The van der Waals surface area contributed by atoms with Crippen molar-refractivity contribution in [1.29, 1.82) is 0 Å². The van der Waals surface area contributed by atoms with Crippen molar-refractivity contribution < 1.29 is 43.2 Å². The molecule has 0 heterocycles. The fraction of sp³-hybridized carbons (Fsp3) is 0.636. The molecule has 11 heteroatoms. The van der Waals surface area contributed by atoms with E-state index in [0.717, 1.165) is 89.9 Å². The van der Waals surface area contributed by atoms with Crippen LogP contribution in [0.4, 0.5) is 4.79 Å². The molecule has 0 saturated heterocycles. The lowest BCUT2D eigenvalue weighted by Crippen LogP contribution is -2.51. The number of rotatable bonds is 25. The number of nitrogens with one attached hydrogen (secondary N) is 2. The van der Waals surface area contributed by atoms with Crippen molar-refractivity contribution in [3.05, 3.63) is 113 Å². The van der Waals surface area contributed by atoms with E-state index in [9.17, 15) is 24.3 Å². The molecular weight excluding hydrogens is 965 g/mol. The van der Waals surface area contributed by atoms with Crippen LogP contribution in [0.5, 0.6) is 5.75 Å². The topological polar surface area (TPSA) is 149 Å². The van der Waals surface area contributed by atoms with E-state index in [2.05, 4.69) is 51.3 Å². The highest BCUT2D eigenvalue weighted by atomic mass is 16.6. The van der Waals surface area contributed by atoms with Crippen LogP contribution in [0.15, 0.2) is 90.5 Å². The molecule has 3 aromatic rings. The van der Waals surface area contributed by atoms with E-state index < -0.39 is 17.7 Å². The minimum Gasteiger partial charge on any atom is -0.497 e. The summed E-state index contributed by atoms with van der Waals surface area (Å²) >= 11 is 0. The molecule has 77 heavy (non-hydrogen) atoms. The average Bonchev–Trinajstić information content (AvgIpc) is 4.04. The van der Waals surface area contributed by atoms with Gasteiger partial charge in [0.2, 0.25) is 5.91 Å². The minimum absolute atomic E-state index is 0.00850. The molecule has 12 atom stereocenters. The van der Waals surface area contributed by atoms with Crippen LogP contribution in [0.1, 0.15) is 179 Å². The highest BCUT2D eigenvalue weighted by molar-refractivity contribution is 5.82. The zero-order chi connectivity index (χ0) is 54.7. The first kappa shape index (κ1) is 58.2. The number of hydrogen-bond acceptors (Lipinski definition) is 9. The van der Waals surface area contributed by atoms with Crippen LogP contribution >= 0.6 is 0 Å². The number of alkyl carbamates (subject to hydrolysis) is 1. The number of hydrogen-bond donors (Lipinski definition) is 3. The van der Waals surface area contributed by atoms with Crippen LogP contribution in [-0.2, 0) is 40.8 Å². The van der Waals surface area contributed by atoms with E-state index in [-0.39, 0.29) is 67.2 Å². The Morgan fingerprint density at radius 3 is 2.19 bits per heavy atom. The Bertz CT molecular complexity index is 2410. The molecule has 0 spiro atoms. The Morgan fingerprint density at radius 2 is 1.49 bits per heavy atom. The van der Waals surface area contributed by atoms with Crippen molar-refractivity contribution in [1.82, 2.24) is 10.6 Å². The van der Waals surface area contributed by atoms with Crippen LogP contribution in [-0.4, -0.2) is 68.4 Å². The number of amides is 2. The van der Waals surface area contributed by atoms with Gasteiger partial charge >= 0.3 is 12.1 Å². The largest absolute Gasteiger partial charge is 0.497 e. The number of allylic oxidation sites excluding steroid dienone is 1. The monoisotopic (exact) mass is 1060 g/mol. The van der Waals surface area contributed by atoms with E-state index in [4.69, 9.17) is 18.9 Å². The van der Waals surface area contributed by atoms with Gasteiger partial charge in [-0.3, -0.25) is 14.4 Å². The molecule has 0 aromatic heterocycles. The zero-order valence-electron chi connectivity index (χ0n) is 47.6. The second kappa shape index (κ2) is 26.3. The lowest BCUT2D eigenvalue weighted by Gasteiger charge is -2.58. The van der Waals surface area contributed by atoms with Gasteiger partial charge in [0.15, 0.2) is 0 Å². The van der Waals surface area contributed by atoms with Crippen molar-refractivity contribution in [2.75, 3.05) is 27.3 Å². The normalized spacial score (nSPS) is 28.7. The number of methoxy groups -OCH3 is 1. The number of benzene rings is 3. The summed E-state index contributed by atoms with van der Waals surface area (Å²) in [5, 5.41) is 15.5. The second-order valence-electron chi connectivity index (χ2n) is 24.8. The minimum atomic E-state index is -1.12. The van der Waals surface area contributed by atoms with Crippen LogP contribution in [0.3, 0.4) is 0 Å². The predicted molar refractivity (Wildman–Crippen MR) is 302 cm³/mol. The molecule has 2 amide bonds. The number of carbonyl (C=O) groups is 4. The number of ether oxygens (including phenoxy) is 4. The van der Waals surface area contributed by atoms with Gasteiger partial charge in [0.25, 0.3) is 0 Å². The summed E-state index contributed by atoms with van der Waals surface area (Å²) in [7, 11) is 3.16. The van der Waals surface area contributed by atoms with Gasteiger partial charge in [0.05, 0.1) is 26.7 Å².